The zero-order chi connectivity index (χ0) is 22.4. The maximum Gasteiger partial charge on any atom is 0.338 e. The van der Waals surface area contributed by atoms with E-state index in [1.165, 1.54) is 19.2 Å². The number of nitrogens with one attached hydrogen (secondary N) is 1. The van der Waals surface area contributed by atoms with Gasteiger partial charge >= 0.3 is 11.7 Å². The Bertz CT molecular complexity index is 926. The number of ether oxygens (including phenoxy) is 2. The van der Waals surface area contributed by atoms with E-state index < -0.39 is 29.1 Å². The first-order valence-corrected chi connectivity index (χ1v) is 9.57. The molecule has 8 nitrogen and oxygen atoms in total. The highest BCUT2D eigenvalue weighted by Gasteiger charge is 2.21. The van der Waals surface area contributed by atoms with Crippen molar-refractivity contribution in [3.05, 3.63) is 63.2 Å². The van der Waals surface area contributed by atoms with Crippen molar-refractivity contribution >= 4 is 23.3 Å². The Kier molecular flexibility index (Phi) is 7.52. The summed E-state index contributed by atoms with van der Waals surface area (Å²) in [6.45, 7) is 7.74. The average molecular weight is 414 g/mol. The van der Waals surface area contributed by atoms with Crippen LogP contribution in [0.25, 0.3) is 0 Å². The number of carbonyl (C=O) groups excluding carboxylic acids is 2. The van der Waals surface area contributed by atoms with Crippen LogP contribution in [0.15, 0.2) is 36.4 Å². The number of rotatable bonds is 8. The molecule has 2 rings (SSSR count). The van der Waals surface area contributed by atoms with Crippen LogP contribution in [0, 0.1) is 10.1 Å². The number of benzene rings is 2. The molecule has 0 aliphatic carbocycles. The first-order chi connectivity index (χ1) is 14.1. The number of nitrogens with zero attached hydrogens (tertiary/aromatic N) is 1. The van der Waals surface area contributed by atoms with Crippen LogP contribution in [0.1, 0.15) is 61.0 Å². The molecule has 1 amide bonds. The van der Waals surface area contributed by atoms with Gasteiger partial charge in [-0.1, -0.05) is 45.9 Å². The molecular formula is C22H26N2O6. The van der Waals surface area contributed by atoms with Crippen molar-refractivity contribution in [2.24, 2.45) is 0 Å². The largest absolute Gasteiger partial charge is 0.477 e. The van der Waals surface area contributed by atoms with Crippen LogP contribution >= 0.6 is 0 Å². The van der Waals surface area contributed by atoms with Crippen molar-refractivity contribution in [1.82, 2.24) is 0 Å². The number of anilines is 1. The molecule has 30 heavy (non-hydrogen) atoms. The summed E-state index contributed by atoms with van der Waals surface area (Å²) in [6, 6.07) is 9.57. The Morgan fingerprint density at radius 2 is 1.67 bits per heavy atom. The summed E-state index contributed by atoms with van der Waals surface area (Å²) in [4.78, 5) is 34.8. The molecule has 0 saturated carbocycles. The molecule has 2 aromatic carbocycles. The van der Waals surface area contributed by atoms with Crippen LogP contribution in [0.3, 0.4) is 0 Å². The van der Waals surface area contributed by atoms with Crippen LogP contribution in [0.4, 0.5) is 11.4 Å². The summed E-state index contributed by atoms with van der Waals surface area (Å²) in [5.41, 5.74) is 2.35. The summed E-state index contributed by atoms with van der Waals surface area (Å²) < 4.78 is 9.97. The Labute approximate surface area is 175 Å². The fourth-order valence-electron chi connectivity index (χ4n) is 3.04. The van der Waals surface area contributed by atoms with Crippen LogP contribution < -0.4 is 10.1 Å². The number of carbonyl (C=O) groups is 2. The monoisotopic (exact) mass is 414 g/mol. The van der Waals surface area contributed by atoms with E-state index in [0.717, 1.165) is 22.9 Å². The van der Waals surface area contributed by atoms with Crippen molar-refractivity contribution in [2.75, 3.05) is 19.0 Å². The molecule has 8 heteroatoms. The fraction of sp³-hybridized carbons (Fsp3) is 0.364. The van der Waals surface area contributed by atoms with E-state index in [2.05, 4.69) is 10.1 Å². The van der Waals surface area contributed by atoms with E-state index in [-0.39, 0.29) is 23.1 Å². The van der Waals surface area contributed by atoms with E-state index in [9.17, 15) is 19.7 Å². The third-order valence-corrected chi connectivity index (χ3v) is 4.57. The lowest BCUT2D eigenvalue weighted by molar-refractivity contribution is -0.385. The predicted octanol–water partition coefficient (Wildman–Crippen LogP) is 4.65. The zero-order valence-electron chi connectivity index (χ0n) is 17.7. The number of nitro groups is 1. The molecule has 2 aromatic rings. The van der Waals surface area contributed by atoms with E-state index in [1.54, 1.807) is 0 Å². The quantitative estimate of drug-likeness (QED) is 0.383. The van der Waals surface area contributed by atoms with Crippen LogP contribution in [-0.2, 0) is 9.53 Å². The number of amides is 1. The molecular weight excluding hydrogens is 388 g/mol. The highest BCUT2D eigenvalue weighted by molar-refractivity contribution is 5.94. The summed E-state index contributed by atoms with van der Waals surface area (Å²) >= 11 is 0. The van der Waals surface area contributed by atoms with Crippen LogP contribution in [-0.4, -0.2) is 30.5 Å². The minimum Gasteiger partial charge on any atom is -0.477 e. The number of hydrogen-bond acceptors (Lipinski definition) is 6. The third kappa shape index (κ3) is 5.34. The molecule has 0 atom stereocenters. The molecule has 0 aliphatic heterocycles. The van der Waals surface area contributed by atoms with Gasteiger partial charge in [0, 0.05) is 11.8 Å². The van der Waals surface area contributed by atoms with Crippen molar-refractivity contribution in [2.45, 2.75) is 39.5 Å². The van der Waals surface area contributed by atoms with E-state index in [0.29, 0.717) is 0 Å². The van der Waals surface area contributed by atoms with E-state index in [4.69, 9.17) is 4.74 Å². The lowest BCUT2D eigenvalue weighted by Gasteiger charge is -2.20. The second kappa shape index (κ2) is 9.87. The topological polar surface area (TPSA) is 108 Å². The Morgan fingerprint density at radius 1 is 1.07 bits per heavy atom. The number of esters is 1. The summed E-state index contributed by atoms with van der Waals surface area (Å²) in [5.74, 6) is -0.840. The zero-order valence-corrected chi connectivity index (χ0v) is 17.7. The molecule has 0 spiro atoms. The van der Waals surface area contributed by atoms with Gasteiger partial charge in [0.25, 0.3) is 5.91 Å². The van der Waals surface area contributed by atoms with Crippen LogP contribution in [0.2, 0.25) is 0 Å². The SMILES string of the molecule is COC(=O)c1ccc(OCC(=O)Nc2c(C(C)C)cccc2C(C)C)c([N+](=O)[O-])c1. The molecule has 0 radical (unpaired) electrons. The van der Waals surface area contributed by atoms with Crippen molar-refractivity contribution in [3.8, 4) is 5.75 Å². The number of para-hydroxylation sites is 1. The molecule has 160 valence electrons. The lowest BCUT2D eigenvalue weighted by atomic mass is 9.92. The second-order valence-electron chi connectivity index (χ2n) is 7.39. The average Bonchev–Trinajstić information content (AvgIpc) is 2.71. The predicted molar refractivity (Wildman–Crippen MR) is 113 cm³/mol. The van der Waals surface area contributed by atoms with Crippen molar-refractivity contribution < 1.29 is 24.0 Å². The van der Waals surface area contributed by atoms with Gasteiger partial charge in [-0.15, -0.1) is 0 Å². The Hall–Kier alpha value is -3.42. The first-order valence-electron chi connectivity index (χ1n) is 9.57. The van der Waals surface area contributed by atoms with Gasteiger partial charge in [0.1, 0.15) is 0 Å². The number of nitro benzene ring substituents is 1. The Morgan fingerprint density at radius 3 is 2.17 bits per heavy atom. The van der Waals surface area contributed by atoms with Crippen molar-refractivity contribution in [1.29, 1.82) is 0 Å². The smallest absolute Gasteiger partial charge is 0.338 e. The van der Waals surface area contributed by atoms with Gasteiger partial charge in [-0.25, -0.2) is 4.79 Å². The molecule has 0 aromatic heterocycles. The maximum absolute atomic E-state index is 12.6. The van der Waals surface area contributed by atoms with Gasteiger partial charge < -0.3 is 14.8 Å². The fourth-order valence-corrected chi connectivity index (χ4v) is 3.04. The molecule has 0 heterocycles. The molecule has 0 bridgehead atoms. The van der Waals surface area contributed by atoms with Gasteiger partial charge in [0.15, 0.2) is 12.4 Å². The second-order valence-corrected chi connectivity index (χ2v) is 7.39. The van der Waals surface area contributed by atoms with Gasteiger partial charge in [0.05, 0.1) is 17.6 Å². The lowest BCUT2D eigenvalue weighted by Crippen LogP contribution is -2.22. The summed E-state index contributed by atoms with van der Waals surface area (Å²) in [6.07, 6.45) is 0. The van der Waals surface area contributed by atoms with Gasteiger partial charge in [-0.05, 0) is 35.1 Å². The van der Waals surface area contributed by atoms with Gasteiger partial charge in [0.2, 0.25) is 0 Å². The van der Waals surface area contributed by atoms with Gasteiger partial charge in [-0.3, -0.25) is 14.9 Å². The molecule has 0 aliphatic rings. The third-order valence-electron chi connectivity index (χ3n) is 4.57. The van der Waals surface area contributed by atoms with Crippen LogP contribution in [0.5, 0.6) is 5.75 Å². The van der Waals surface area contributed by atoms with E-state index in [1.807, 2.05) is 45.9 Å². The Balaban J connectivity index is 2.21. The van der Waals surface area contributed by atoms with Gasteiger partial charge in [-0.2, -0.15) is 0 Å². The van der Waals surface area contributed by atoms with E-state index >= 15 is 0 Å². The minimum absolute atomic E-state index is 0.0217. The maximum atomic E-state index is 12.6. The summed E-state index contributed by atoms with van der Waals surface area (Å²) in [7, 11) is 1.18. The summed E-state index contributed by atoms with van der Waals surface area (Å²) in [5, 5.41) is 14.2. The number of hydrogen-bond donors (Lipinski definition) is 1. The van der Waals surface area contributed by atoms with Crippen molar-refractivity contribution in [3.63, 3.8) is 0 Å². The highest BCUT2D eigenvalue weighted by Crippen LogP contribution is 2.32. The number of methoxy groups -OCH3 is 1. The molecule has 0 unspecified atom stereocenters. The normalized spacial score (nSPS) is 10.8. The molecule has 1 N–H and O–H groups in total. The standard InChI is InChI=1S/C22H26N2O6/c1-13(2)16-7-6-8-17(14(3)4)21(16)23-20(25)12-30-19-10-9-15(22(26)29-5)11-18(19)24(27)28/h6-11,13-14H,12H2,1-5H3,(H,23,25). The molecule has 0 fully saturated rings. The minimum atomic E-state index is -0.700. The first kappa shape index (κ1) is 22.9. The highest BCUT2D eigenvalue weighted by atomic mass is 16.6. The molecule has 0 saturated heterocycles.